The van der Waals surface area contributed by atoms with E-state index >= 15 is 0 Å². The van der Waals surface area contributed by atoms with Crippen LogP contribution in [0.2, 0.25) is 0 Å². The maximum atomic E-state index is 5.55. The normalized spacial score (nSPS) is 12.6. The Morgan fingerprint density at radius 3 is 3.00 bits per heavy atom. The molecule has 2 rings (SSSR count). The number of hydrogen-bond donors (Lipinski definition) is 2. The zero-order chi connectivity index (χ0) is 11.4. The second kappa shape index (κ2) is 5.25. The number of nitrogens with zero attached hydrogens (tertiary/aromatic N) is 1. The monoisotopic (exact) mass is 281 g/mol. The highest BCUT2D eigenvalue weighted by Gasteiger charge is 2.11. The third-order valence-corrected chi connectivity index (χ3v) is 2.78. The lowest BCUT2D eigenvalue weighted by Crippen LogP contribution is -2.29. The van der Waals surface area contributed by atoms with Crippen LogP contribution in [-0.2, 0) is 6.42 Å². The Balaban J connectivity index is 2.16. The summed E-state index contributed by atoms with van der Waals surface area (Å²) in [4.78, 5) is 4.12. The van der Waals surface area contributed by atoms with Crippen molar-refractivity contribution in [3.63, 3.8) is 0 Å². The molecule has 5 heteroatoms. The van der Waals surface area contributed by atoms with Crippen LogP contribution in [0.5, 0.6) is 0 Å². The van der Waals surface area contributed by atoms with E-state index in [1.54, 1.807) is 24.9 Å². The zero-order valence-corrected chi connectivity index (χ0v) is 10.1. The molecule has 0 fully saturated rings. The lowest BCUT2D eigenvalue weighted by Gasteiger charge is -2.15. The molecule has 0 bridgehead atoms. The summed E-state index contributed by atoms with van der Waals surface area (Å²) >= 11 is 3.39. The van der Waals surface area contributed by atoms with Gasteiger partial charge in [0, 0.05) is 16.9 Å². The number of nitrogens with two attached hydrogens (primary N) is 1. The van der Waals surface area contributed by atoms with Gasteiger partial charge in [0.1, 0.15) is 0 Å². The van der Waals surface area contributed by atoms with Gasteiger partial charge in [0.05, 0.1) is 18.6 Å². The first kappa shape index (κ1) is 11.3. The first-order valence-electron chi connectivity index (χ1n) is 4.87. The number of pyridine rings is 1. The Hall–Kier alpha value is -1.17. The van der Waals surface area contributed by atoms with Crippen LogP contribution < -0.4 is 11.3 Å². The standard InChI is InChI=1S/C11H12BrN3O/c12-10-4-9(5-14-6-10)11(15-13)3-8-1-2-16-7-8/h1-2,4-7,11,15H,3,13H2. The molecule has 0 radical (unpaired) electrons. The predicted molar refractivity (Wildman–Crippen MR) is 64.4 cm³/mol. The number of rotatable bonds is 4. The molecule has 2 aromatic heterocycles. The molecular formula is C11H12BrN3O. The lowest BCUT2D eigenvalue weighted by molar-refractivity contribution is 0.534. The molecule has 4 nitrogen and oxygen atoms in total. The van der Waals surface area contributed by atoms with Gasteiger partial charge in [0.2, 0.25) is 0 Å². The highest BCUT2D eigenvalue weighted by atomic mass is 79.9. The molecule has 0 aliphatic rings. The summed E-state index contributed by atoms with van der Waals surface area (Å²) in [6.07, 6.45) is 7.69. The van der Waals surface area contributed by atoms with Gasteiger partial charge in [0.15, 0.2) is 0 Å². The topological polar surface area (TPSA) is 64.1 Å². The molecule has 0 spiro atoms. The Morgan fingerprint density at radius 2 is 2.38 bits per heavy atom. The largest absolute Gasteiger partial charge is 0.472 e. The molecule has 0 aliphatic carbocycles. The van der Waals surface area contributed by atoms with Crippen LogP contribution in [0.3, 0.4) is 0 Å². The summed E-state index contributed by atoms with van der Waals surface area (Å²) in [5.41, 5.74) is 4.92. The quantitative estimate of drug-likeness (QED) is 0.666. The molecule has 16 heavy (non-hydrogen) atoms. The van der Waals surface area contributed by atoms with E-state index in [-0.39, 0.29) is 6.04 Å². The summed E-state index contributed by atoms with van der Waals surface area (Å²) < 4.78 is 5.97. The molecule has 3 N–H and O–H groups in total. The summed E-state index contributed by atoms with van der Waals surface area (Å²) in [5.74, 6) is 5.55. The third-order valence-electron chi connectivity index (χ3n) is 2.35. The van der Waals surface area contributed by atoms with Gasteiger partial charge >= 0.3 is 0 Å². The fourth-order valence-corrected chi connectivity index (χ4v) is 1.92. The van der Waals surface area contributed by atoms with Gasteiger partial charge in [-0.15, -0.1) is 0 Å². The molecule has 0 saturated heterocycles. The molecule has 2 heterocycles. The van der Waals surface area contributed by atoms with Crippen molar-refractivity contribution < 1.29 is 4.42 Å². The van der Waals surface area contributed by atoms with Crippen molar-refractivity contribution in [2.75, 3.05) is 0 Å². The summed E-state index contributed by atoms with van der Waals surface area (Å²) in [7, 11) is 0. The highest BCUT2D eigenvalue weighted by Crippen LogP contribution is 2.20. The number of halogens is 1. The maximum absolute atomic E-state index is 5.55. The first-order chi connectivity index (χ1) is 7.79. The van der Waals surface area contributed by atoms with Crippen molar-refractivity contribution in [1.82, 2.24) is 10.4 Å². The van der Waals surface area contributed by atoms with Crippen LogP contribution in [0.1, 0.15) is 17.2 Å². The van der Waals surface area contributed by atoms with E-state index < -0.39 is 0 Å². The Labute approximate surface area is 102 Å². The summed E-state index contributed by atoms with van der Waals surface area (Å²) in [6.45, 7) is 0. The van der Waals surface area contributed by atoms with Crippen molar-refractivity contribution in [3.05, 3.63) is 52.7 Å². The van der Waals surface area contributed by atoms with Gasteiger partial charge in [-0.1, -0.05) is 0 Å². The van der Waals surface area contributed by atoms with Crippen LogP contribution in [0, 0.1) is 0 Å². The van der Waals surface area contributed by atoms with E-state index in [2.05, 4.69) is 26.3 Å². The Morgan fingerprint density at radius 1 is 1.50 bits per heavy atom. The summed E-state index contributed by atoms with van der Waals surface area (Å²) in [6, 6.07) is 3.95. The highest BCUT2D eigenvalue weighted by molar-refractivity contribution is 9.10. The van der Waals surface area contributed by atoms with E-state index in [1.807, 2.05) is 12.1 Å². The number of hydrogen-bond acceptors (Lipinski definition) is 4. The molecule has 0 amide bonds. The molecule has 0 aromatic carbocycles. The number of furan rings is 1. The van der Waals surface area contributed by atoms with Crippen molar-refractivity contribution in [3.8, 4) is 0 Å². The van der Waals surface area contributed by atoms with Gasteiger partial charge in [-0.25, -0.2) is 0 Å². The predicted octanol–water partition coefficient (Wildman–Crippen LogP) is 2.18. The molecule has 2 aromatic rings. The smallest absolute Gasteiger partial charge is 0.0935 e. The third kappa shape index (κ3) is 2.69. The fourth-order valence-electron chi connectivity index (χ4n) is 1.54. The van der Waals surface area contributed by atoms with Crippen LogP contribution in [0.4, 0.5) is 0 Å². The van der Waals surface area contributed by atoms with Crippen LogP contribution in [-0.4, -0.2) is 4.98 Å². The van der Waals surface area contributed by atoms with Gasteiger partial charge < -0.3 is 4.42 Å². The van der Waals surface area contributed by atoms with Crippen molar-refractivity contribution in [2.24, 2.45) is 5.84 Å². The first-order valence-corrected chi connectivity index (χ1v) is 5.66. The van der Waals surface area contributed by atoms with Crippen LogP contribution >= 0.6 is 15.9 Å². The number of nitrogens with one attached hydrogen (secondary N) is 1. The molecule has 0 saturated carbocycles. The van der Waals surface area contributed by atoms with Gasteiger partial charge in [-0.2, -0.15) is 0 Å². The van der Waals surface area contributed by atoms with E-state index in [1.165, 1.54) is 0 Å². The molecule has 0 aliphatic heterocycles. The fraction of sp³-hybridized carbons (Fsp3) is 0.182. The average Bonchev–Trinajstić information content (AvgIpc) is 2.78. The second-order valence-corrected chi connectivity index (χ2v) is 4.41. The van der Waals surface area contributed by atoms with Crippen molar-refractivity contribution in [1.29, 1.82) is 0 Å². The van der Waals surface area contributed by atoms with Gasteiger partial charge in [0.25, 0.3) is 0 Å². The minimum absolute atomic E-state index is 0.0302. The Kier molecular flexibility index (Phi) is 3.71. The minimum Gasteiger partial charge on any atom is -0.472 e. The van der Waals surface area contributed by atoms with Crippen molar-refractivity contribution >= 4 is 15.9 Å². The minimum atomic E-state index is 0.0302. The average molecular weight is 282 g/mol. The van der Waals surface area contributed by atoms with Crippen molar-refractivity contribution in [2.45, 2.75) is 12.5 Å². The van der Waals surface area contributed by atoms with E-state index in [0.29, 0.717) is 0 Å². The number of hydrazine groups is 1. The number of aromatic nitrogens is 1. The van der Waals surface area contributed by atoms with Crippen LogP contribution in [0.15, 0.2) is 45.9 Å². The molecule has 84 valence electrons. The van der Waals surface area contributed by atoms with E-state index in [9.17, 15) is 0 Å². The van der Waals surface area contributed by atoms with E-state index in [4.69, 9.17) is 10.3 Å². The van der Waals surface area contributed by atoms with Gasteiger partial charge in [-0.05, 0) is 45.6 Å². The van der Waals surface area contributed by atoms with E-state index in [0.717, 1.165) is 22.0 Å². The molecule has 1 atom stereocenters. The zero-order valence-electron chi connectivity index (χ0n) is 8.56. The lowest BCUT2D eigenvalue weighted by atomic mass is 10.0. The van der Waals surface area contributed by atoms with Gasteiger partial charge in [-0.3, -0.25) is 16.3 Å². The maximum Gasteiger partial charge on any atom is 0.0935 e. The molecular weight excluding hydrogens is 270 g/mol. The molecule has 1 unspecified atom stereocenters. The SMILES string of the molecule is NNC(Cc1ccoc1)c1cncc(Br)c1. The van der Waals surface area contributed by atoms with Crippen LogP contribution in [0.25, 0.3) is 0 Å². The Bertz CT molecular complexity index is 444. The second-order valence-electron chi connectivity index (χ2n) is 3.49. The summed E-state index contributed by atoms with van der Waals surface area (Å²) in [5, 5.41) is 0.